The Morgan fingerprint density at radius 3 is 2.31 bits per heavy atom. The SMILES string of the molecule is N#CC1(c2ccccc2)CC12CCCCC2. The van der Waals surface area contributed by atoms with Gasteiger partial charge in [0.05, 0.1) is 11.5 Å². The van der Waals surface area contributed by atoms with E-state index < -0.39 is 0 Å². The first kappa shape index (κ1) is 9.90. The maximum atomic E-state index is 9.58. The van der Waals surface area contributed by atoms with Gasteiger partial charge in [0.1, 0.15) is 0 Å². The lowest BCUT2D eigenvalue weighted by Gasteiger charge is -2.25. The van der Waals surface area contributed by atoms with E-state index in [2.05, 4.69) is 30.3 Å². The normalized spacial score (nSPS) is 30.9. The van der Waals surface area contributed by atoms with E-state index in [1.165, 1.54) is 37.7 Å². The highest BCUT2D eigenvalue weighted by Gasteiger charge is 2.68. The summed E-state index contributed by atoms with van der Waals surface area (Å²) in [6.07, 6.45) is 7.61. The zero-order valence-corrected chi connectivity index (χ0v) is 9.58. The van der Waals surface area contributed by atoms with Gasteiger partial charge in [0, 0.05) is 0 Å². The van der Waals surface area contributed by atoms with Crippen LogP contribution in [0.4, 0.5) is 0 Å². The van der Waals surface area contributed by atoms with Crippen molar-refractivity contribution in [3.63, 3.8) is 0 Å². The van der Waals surface area contributed by atoms with Gasteiger partial charge < -0.3 is 0 Å². The summed E-state index contributed by atoms with van der Waals surface area (Å²) in [5.41, 5.74) is 1.44. The smallest absolute Gasteiger partial charge is 0.0885 e. The van der Waals surface area contributed by atoms with Crippen LogP contribution in [-0.4, -0.2) is 0 Å². The zero-order valence-electron chi connectivity index (χ0n) is 9.58. The van der Waals surface area contributed by atoms with Crippen LogP contribution in [0.3, 0.4) is 0 Å². The standard InChI is InChI=1S/C15H17N/c16-12-15(13-7-3-1-4-8-13)11-14(15)9-5-2-6-10-14/h1,3-4,7-8H,2,5-6,9-11H2. The molecule has 0 amide bonds. The van der Waals surface area contributed by atoms with Crippen molar-refractivity contribution in [2.75, 3.05) is 0 Å². The van der Waals surface area contributed by atoms with E-state index in [9.17, 15) is 5.26 Å². The van der Waals surface area contributed by atoms with Gasteiger partial charge in [-0.3, -0.25) is 0 Å². The minimum Gasteiger partial charge on any atom is -0.197 e. The molecule has 0 aromatic heterocycles. The molecular weight excluding hydrogens is 194 g/mol. The summed E-state index contributed by atoms with van der Waals surface area (Å²) in [5, 5.41) is 9.58. The number of hydrogen-bond donors (Lipinski definition) is 0. The molecule has 0 radical (unpaired) electrons. The minimum atomic E-state index is -0.144. The van der Waals surface area contributed by atoms with E-state index >= 15 is 0 Å². The van der Waals surface area contributed by atoms with E-state index in [1.807, 2.05) is 6.07 Å². The maximum absolute atomic E-state index is 9.58. The van der Waals surface area contributed by atoms with Crippen LogP contribution in [0, 0.1) is 16.7 Å². The van der Waals surface area contributed by atoms with Gasteiger partial charge in [0.25, 0.3) is 0 Å². The number of nitriles is 1. The fraction of sp³-hybridized carbons (Fsp3) is 0.533. The Kier molecular flexibility index (Phi) is 2.07. The third-order valence-corrected chi connectivity index (χ3v) is 4.65. The predicted molar refractivity (Wildman–Crippen MR) is 63.9 cm³/mol. The van der Waals surface area contributed by atoms with Crippen molar-refractivity contribution in [1.82, 2.24) is 0 Å². The molecule has 0 bridgehead atoms. The molecule has 0 saturated heterocycles. The quantitative estimate of drug-likeness (QED) is 0.693. The van der Waals surface area contributed by atoms with E-state index in [0.29, 0.717) is 5.41 Å². The van der Waals surface area contributed by atoms with Crippen LogP contribution in [0.2, 0.25) is 0 Å². The van der Waals surface area contributed by atoms with Gasteiger partial charge in [0.15, 0.2) is 0 Å². The molecule has 1 nitrogen and oxygen atoms in total. The summed E-state index contributed by atoms with van der Waals surface area (Å²) >= 11 is 0. The van der Waals surface area contributed by atoms with Gasteiger partial charge in [-0.2, -0.15) is 5.26 Å². The van der Waals surface area contributed by atoms with Gasteiger partial charge in [-0.25, -0.2) is 0 Å². The average Bonchev–Trinajstić information content (AvgIpc) is 3.00. The number of hydrogen-bond acceptors (Lipinski definition) is 1. The number of nitrogens with zero attached hydrogens (tertiary/aromatic N) is 1. The lowest BCUT2D eigenvalue weighted by molar-refractivity contribution is 0.309. The van der Waals surface area contributed by atoms with Crippen LogP contribution in [0.15, 0.2) is 30.3 Å². The molecule has 2 fully saturated rings. The Labute approximate surface area is 97.1 Å². The van der Waals surface area contributed by atoms with Gasteiger partial charge >= 0.3 is 0 Å². The molecule has 1 aromatic rings. The first-order valence-electron chi connectivity index (χ1n) is 6.30. The summed E-state index contributed by atoms with van der Waals surface area (Å²) < 4.78 is 0. The zero-order chi connectivity index (χ0) is 11.1. The molecular formula is C15H17N. The van der Waals surface area contributed by atoms with Crippen molar-refractivity contribution >= 4 is 0 Å². The van der Waals surface area contributed by atoms with Crippen molar-refractivity contribution in [2.24, 2.45) is 5.41 Å². The Hall–Kier alpha value is -1.29. The van der Waals surface area contributed by atoms with E-state index in [1.54, 1.807) is 0 Å². The largest absolute Gasteiger partial charge is 0.197 e. The third-order valence-electron chi connectivity index (χ3n) is 4.65. The molecule has 1 unspecified atom stereocenters. The second-order valence-corrected chi connectivity index (χ2v) is 5.40. The predicted octanol–water partition coefficient (Wildman–Crippen LogP) is 3.80. The van der Waals surface area contributed by atoms with Crippen LogP contribution in [0.5, 0.6) is 0 Å². The van der Waals surface area contributed by atoms with Crippen LogP contribution in [-0.2, 0) is 5.41 Å². The highest BCUT2D eigenvalue weighted by Crippen LogP contribution is 2.70. The van der Waals surface area contributed by atoms with Crippen molar-refractivity contribution < 1.29 is 0 Å². The Bertz CT molecular complexity index is 422. The van der Waals surface area contributed by atoms with Crippen molar-refractivity contribution in [3.05, 3.63) is 35.9 Å². The van der Waals surface area contributed by atoms with Gasteiger partial charge in [-0.05, 0) is 30.2 Å². The lowest BCUT2D eigenvalue weighted by Crippen LogP contribution is -2.19. The molecule has 0 aliphatic heterocycles. The van der Waals surface area contributed by atoms with Crippen LogP contribution in [0.1, 0.15) is 44.1 Å². The molecule has 1 aromatic carbocycles. The molecule has 2 aliphatic rings. The summed E-state index contributed by atoms with van der Waals surface area (Å²) in [5.74, 6) is 0. The molecule has 0 N–H and O–H groups in total. The fourth-order valence-electron chi connectivity index (χ4n) is 3.65. The molecule has 82 valence electrons. The van der Waals surface area contributed by atoms with E-state index in [4.69, 9.17) is 0 Å². The lowest BCUT2D eigenvalue weighted by atomic mass is 9.77. The summed E-state index contributed by atoms with van der Waals surface area (Å²) in [6, 6.07) is 13.0. The van der Waals surface area contributed by atoms with E-state index in [0.717, 1.165) is 6.42 Å². The first-order chi connectivity index (χ1) is 7.83. The highest BCUT2D eigenvalue weighted by atomic mass is 14.7. The molecule has 16 heavy (non-hydrogen) atoms. The first-order valence-corrected chi connectivity index (χ1v) is 6.30. The van der Waals surface area contributed by atoms with E-state index in [-0.39, 0.29) is 5.41 Å². The number of rotatable bonds is 1. The fourth-order valence-corrected chi connectivity index (χ4v) is 3.65. The summed E-state index contributed by atoms with van der Waals surface area (Å²) in [4.78, 5) is 0. The number of benzene rings is 1. The molecule has 1 atom stereocenters. The Morgan fingerprint density at radius 1 is 1.00 bits per heavy atom. The molecule has 2 saturated carbocycles. The van der Waals surface area contributed by atoms with Gasteiger partial charge in [-0.1, -0.05) is 49.6 Å². The third kappa shape index (κ3) is 1.16. The molecule has 3 rings (SSSR count). The molecule has 0 heterocycles. The summed E-state index contributed by atoms with van der Waals surface area (Å²) in [7, 11) is 0. The molecule has 1 heteroatoms. The van der Waals surface area contributed by atoms with Crippen LogP contribution >= 0.6 is 0 Å². The average molecular weight is 211 g/mol. The van der Waals surface area contributed by atoms with Crippen molar-refractivity contribution in [3.8, 4) is 6.07 Å². The van der Waals surface area contributed by atoms with Gasteiger partial charge in [-0.15, -0.1) is 0 Å². The van der Waals surface area contributed by atoms with Crippen LogP contribution < -0.4 is 0 Å². The summed E-state index contributed by atoms with van der Waals surface area (Å²) in [6.45, 7) is 0. The van der Waals surface area contributed by atoms with Crippen LogP contribution in [0.25, 0.3) is 0 Å². The van der Waals surface area contributed by atoms with Gasteiger partial charge in [0.2, 0.25) is 0 Å². The minimum absolute atomic E-state index is 0.144. The topological polar surface area (TPSA) is 23.8 Å². The second-order valence-electron chi connectivity index (χ2n) is 5.40. The maximum Gasteiger partial charge on any atom is 0.0885 e. The Morgan fingerprint density at radius 2 is 1.69 bits per heavy atom. The monoisotopic (exact) mass is 211 g/mol. The van der Waals surface area contributed by atoms with Crippen molar-refractivity contribution in [2.45, 2.75) is 43.9 Å². The second kappa shape index (κ2) is 3.35. The molecule has 1 spiro atoms. The van der Waals surface area contributed by atoms with Crippen molar-refractivity contribution in [1.29, 1.82) is 5.26 Å². The molecule has 2 aliphatic carbocycles. The Balaban J connectivity index is 1.96. The highest BCUT2D eigenvalue weighted by molar-refractivity contribution is 5.45.